The number of nitrogen functional groups attached to an aromatic ring is 1. The Morgan fingerprint density at radius 3 is 1.95 bits per heavy atom. The normalized spacial score (nSPS) is 10.8. The fraction of sp³-hybridized carbons (Fsp3) is 0.600. The molecule has 5 heteroatoms. The Bertz CT molecular complexity index is 346. The summed E-state index contributed by atoms with van der Waals surface area (Å²) < 4.78 is 21.0. The lowest BCUT2D eigenvalue weighted by atomic mass is 10.1. The van der Waals surface area contributed by atoms with Crippen LogP contribution >= 0.6 is 0 Å². The molecule has 1 aromatic rings. The maximum absolute atomic E-state index is 5.85. The van der Waals surface area contributed by atoms with Gasteiger partial charge in [0.05, 0.1) is 46.2 Å². The van der Waals surface area contributed by atoms with E-state index in [-0.39, 0.29) is 0 Å². The SMILES string of the molecule is COCCOCCOCCOCCc1ccccc1N. The molecule has 0 atom stereocenters. The van der Waals surface area contributed by atoms with Crippen LogP contribution in [-0.4, -0.2) is 53.4 Å². The molecule has 0 unspecified atom stereocenters. The first-order valence-electron chi connectivity index (χ1n) is 6.90. The van der Waals surface area contributed by atoms with E-state index in [1.165, 1.54) is 0 Å². The van der Waals surface area contributed by atoms with Crippen LogP contribution in [0.5, 0.6) is 0 Å². The summed E-state index contributed by atoms with van der Waals surface area (Å²) in [5.74, 6) is 0. The Balaban J connectivity index is 1.87. The molecular weight excluding hydrogens is 258 g/mol. The van der Waals surface area contributed by atoms with Crippen molar-refractivity contribution >= 4 is 5.69 Å². The molecule has 2 N–H and O–H groups in total. The maximum atomic E-state index is 5.85. The zero-order chi connectivity index (χ0) is 14.5. The molecule has 0 aromatic heterocycles. The summed E-state index contributed by atoms with van der Waals surface area (Å²) in [5, 5.41) is 0. The molecule has 1 rings (SSSR count). The average molecular weight is 283 g/mol. The standard InChI is InChI=1S/C15H25NO4/c1-17-8-9-19-12-13-20-11-10-18-7-6-14-4-2-3-5-15(14)16/h2-5H,6-13,16H2,1H3. The van der Waals surface area contributed by atoms with Crippen LogP contribution in [-0.2, 0) is 25.4 Å². The Morgan fingerprint density at radius 1 is 0.800 bits per heavy atom. The van der Waals surface area contributed by atoms with E-state index >= 15 is 0 Å². The second-order valence-corrected chi connectivity index (χ2v) is 4.28. The number of para-hydroxylation sites is 1. The zero-order valence-electron chi connectivity index (χ0n) is 12.2. The minimum Gasteiger partial charge on any atom is -0.399 e. The van der Waals surface area contributed by atoms with Crippen molar-refractivity contribution in [1.29, 1.82) is 0 Å². The number of anilines is 1. The van der Waals surface area contributed by atoms with Gasteiger partial charge in [-0.15, -0.1) is 0 Å². The lowest BCUT2D eigenvalue weighted by Crippen LogP contribution is -2.12. The summed E-state index contributed by atoms with van der Waals surface area (Å²) in [6, 6.07) is 7.84. The van der Waals surface area contributed by atoms with Crippen molar-refractivity contribution < 1.29 is 18.9 Å². The average Bonchev–Trinajstić information content (AvgIpc) is 2.46. The molecule has 1 aromatic carbocycles. The summed E-state index contributed by atoms with van der Waals surface area (Å²) >= 11 is 0. The molecule has 0 aliphatic heterocycles. The van der Waals surface area contributed by atoms with Crippen LogP contribution in [0.4, 0.5) is 5.69 Å². The first-order valence-corrected chi connectivity index (χ1v) is 6.90. The Kier molecular flexibility index (Phi) is 9.87. The molecule has 0 aliphatic carbocycles. The predicted octanol–water partition coefficient (Wildman–Crippen LogP) is 1.51. The second-order valence-electron chi connectivity index (χ2n) is 4.28. The highest BCUT2D eigenvalue weighted by molar-refractivity contribution is 5.46. The third-order valence-corrected chi connectivity index (χ3v) is 2.75. The predicted molar refractivity (Wildman–Crippen MR) is 78.9 cm³/mol. The molecule has 0 bridgehead atoms. The third kappa shape index (κ3) is 8.12. The van der Waals surface area contributed by atoms with Gasteiger partial charge in [-0.1, -0.05) is 18.2 Å². The van der Waals surface area contributed by atoms with E-state index in [4.69, 9.17) is 24.7 Å². The maximum Gasteiger partial charge on any atom is 0.0701 e. The van der Waals surface area contributed by atoms with E-state index in [9.17, 15) is 0 Å². The van der Waals surface area contributed by atoms with Gasteiger partial charge in [0.15, 0.2) is 0 Å². The van der Waals surface area contributed by atoms with Crippen LogP contribution in [0.1, 0.15) is 5.56 Å². The van der Waals surface area contributed by atoms with Crippen molar-refractivity contribution in [2.45, 2.75) is 6.42 Å². The molecule has 0 aliphatic rings. The fourth-order valence-corrected chi connectivity index (χ4v) is 1.63. The van der Waals surface area contributed by atoms with Crippen molar-refractivity contribution in [2.75, 3.05) is 59.1 Å². The molecule has 20 heavy (non-hydrogen) atoms. The van der Waals surface area contributed by atoms with E-state index in [0.717, 1.165) is 17.7 Å². The summed E-state index contributed by atoms with van der Waals surface area (Å²) in [4.78, 5) is 0. The molecule has 5 nitrogen and oxygen atoms in total. The minimum absolute atomic E-state index is 0.581. The van der Waals surface area contributed by atoms with E-state index in [1.807, 2.05) is 24.3 Å². The van der Waals surface area contributed by atoms with Crippen LogP contribution < -0.4 is 5.73 Å². The van der Waals surface area contributed by atoms with Gasteiger partial charge in [-0.3, -0.25) is 0 Å². The highest BCUT2D eigenvalue weighted by Crippen LogP contribution is 2.10. The van der Waals surface area contributed by atoms with Gasteiger partial charge in [-0.2, -0.15) is 0 Å². The number of nitrogens with two attached hydrogens (primary N) is 1. The first-order chi connectivity index (χ1) is 9.84. The van der Waals surface area contributed by atoms with Gasteiger partial charge in [0.2, 0.25) is 0 Å². The highest BCUT2D eigenvalue weighted by Gasteiger charge is 1.97. The lowest BCUT2D eigenvalue weighted by molar-refractivity contribution is 0.00408. The summed E-state index contributed by atoms with van der Waals surface area (Å²) in [7, 11) is 1.65. The number of methoxy groups -OCH3 is 1. The summed E-state index contributed by atoms with van der Waals surface area (Å²) in [6.07, 6.45) is 0.826. The monoisotopic (exact) mass is 283 g/mol. The Labute approximate surface area is 121 Å². The molecule has 114 valence electrons. The van der Waals surface area contributed by atoms with Crippen LogP contribution in [0, 0.1) is 0 Å². The van der Waals surface area contributed by atoms with Crippen LogP contribution in [0.15, 0.2) is 24.3 Å². The highest BCUT2D eigenvalue weighted by atomic mass is 16.6. The topological polar surface area (TPSA) is 62.9 Å². The molecule has 0 saturated heterocycles. The van der Waals surface area contributed by atoms with Gasteiger partial charge < -0.3 is 24.7 Å². The van der Waals surface area contributed by atoms with Crippen molar-refractivity contribution in [3.63, 3.8) is 0 Å². The lowest BCUT2D eigenvalue weighted by Gasteiger charge is -2.07. The van der Waals surface area contributed by atoms with Crippen molar-refractivity contribution in [3.05, 3.63) is 29.8 Å². The van der Waals surface area contributed by atoms with Crippen molar-refractivity contribution in [3.8, 4) is 0 Å². The number of benzene rings is 1. The zero-order valence-corrected chi connectivity index (χ0v) is 12.2. The van der Waals surface area contributed by atoms with Crippen LogP contribution in [0.2, 0.25) is 0 Å². The largest absolute Gasteiger partial charge is 0.399 e. The molecule has 0 saturated carbocycles. The number of rotatable bonds is 12. The van der Waals surface area contributed by atoms with Gasteiger partial charge in [0, 0.05) is 12.8 Å². The first kappa shape index (κ1) is 16.9. The van der Waals surface area contributed by atoms with Crippen molar-refractivity contribution in [1.82, 2.24) is 0 Å². The van der Waals surface area contributed by atoms with Gasteiger partial charge >= 0.3 is 0 Å². The van der Waals surface area contributed by atoms with Crippen LogP contribution in [0.25, 0.3) is 0 Å². The molecule has 0 spiro atoms. The van der Waals surface area contributed by atoms with E-state index in [1.54, 1.807) is 7.11 Å². The fourth-order valence-electron chi connectivity index (χ4n) is 1.63. The number of ether oxygens (including phenoxy) is 4. The molecule has 0 fully saturated rings. The van der Waals surface area contributed by atoms with E-state index in [2.05, 4.69) is 0 Å². The summed E-state index contributed by atoms with van der Waals surface area (Å²) in [5.41, 5.74) is 7.79. The Morgan fingerprint density at radius 2 is 1.35 bits per heavy atom. The molecule has 0 heterocycles. The molecular formula is C15H25NO4. The number of hydrogen-bond acceptors (Lipinski definition) is 5. The van der Waals surface area contributed by atoms with Gasteiger partial charge in [0.1, 0.15) is 0 Å². The summed E-state index contributed by atoms with van der Waals surface area (Å²) in [6.45, 7) is 4.22. The van der Waals surface area contributed by atoms with Gasteiger partial charge in [-0.05, 0) is 18.1 Å². The van der Waals surface area contributed by atoms with Crippen LogP contribution in [0.3, 0.4) is 0 Å². The quantitative estimate of drug-likeness (QED) is 0.465. The minimum atomic E-state index is 0.581. The molecule has 0 amide bonds. The molecule has 0 radical (unpaired) electrons. The van der Waals surface area contributed by atoms with Gasteiger partial charge in [0.25, 0.3) is 0 Å². The van der Waals surface area contributed by atoms with E-state index < -0.39 is 0 Å². The third-order valence-electron chi connectivity index (χ3n) is 2.75. The van der Waals surface area contributed by atoms with Gasteiger partial charge in [-0.25, -0.2) is 0 Å². The second kappa shape index (κ2) is 11.7. The Hall–Kier alpha value is -1.14. The van der Waals surface area contributed by atoms with Crippen molar-refractivity contribution in [2.24, 2.45) is 0 Å². The number of hydrogen-bond donors (Lipinski definition) is 1. The van der Waals surface area contributed by atoms with E-state index in [0.29, 0.717) is 46.2 Å². The smallest absolute Gasteiger partial charge is 0.0701 e.